The van der Waals surface area contributed by atoms with Crippen molar-refractivity contribution in [3.63, 3.8) is 0 Å². The molecule has 0 aliphatic heterocycles. The van der Waals surface area contributed by atoms with E-state index < -0.39 is 0 Å². The highest BCUT2D eigenvalue weighted by molar-refractivity contribution is 5.99. The van der Waals surface area contributed by atoms with Crippen LogP contribution in [0.5, 0.6) is 0 Å². The van der Waals surface area contributed by atoms with Crippen molar-refractivity contribution in [1.82, 2.24) is 0 Å². The van der Waals surface area contributed by atoms with Crippen molar-refractivity contribution in [2.75, 3.05) is 4.90 Å². The Morgan fingerprint density at radius 1 is 0.393 bits per heavy atom. The van der Waals surface area contributed by atoms with Crippen LogP contribution in [0, 0.1) is 0 Å². The van der Waals surface area contributed by atoms with Gasteiger partial charge in [-0.15, -0.1) is 0 Å². The molecule has 0 saturated carbocycles. The van der Waals surface area contributed by atoms with Crippen LogP contribution in [0.3, 0.4) is 0 Å². The maximum atomic E-state index is 2.52. The van der Waals surface area contributed by atoms with Gasteiger partial charge in [-0.05, 0) is 142 Å². The summed E-state index contributed by atoms with van der Waals surface area (Å²) < 4.78 is 0. The standard InChI is InChI=1S/C60H43N/c1-3-21-49(22-4-1)61(50-23-5-2-6-24-50)51-33-34-54-57(38-51)52-25-13-14-26-53(52)59-56(47-31-28-41-16-8-11-19-44(41)36-47)39-55(46-30-27-40-15-7-10-18-43(40)35-46)58(60(54)59)48-32-29-42-17-9-12-20-45(42)37-48/h1-37,51,55H,38-39H2. The minimum atomic E-state index is 0.112. The molecule has 10 aromatic rings. The smallest absolute Gasteiger partial charge is 0.0566 e. The Morgan fingerprint density at radius 2 is 0.902 bits per heavy atom. The Bertz CT molecular complexity index is 3450. The molecule has 2 aliphatic carbocycles. The third kappa shape index (κ3) is 6.08. The first-order valence-electron chi connectivity index (χ1n) is 21.6. The summed E-state index contributed by atoms with van der Waals surface area (Å²) >= 11 is 0. The highest BCUT2D eigenvalue weighted by Crippen LogP contribution is 2.43. The second-order valence-corrected chi connectivity index (χ2v) is 16.7. The minimum Gasteiger partial charge on any atom is -0.334 e. The van der Waals surface area contributed by atoms with Crippen molar-refractivity contribution in [2.24, 2.45) is 0 Å². The lowest BCUT2D eigenvalue weighted by Gasteiger charge is -2.36. The lowest BCUT2D eigenvalue weighted by Crippen LogP contribution is -2.41. The number of hydrogen-bond acceptors (Lipinski definition) is 1. The fourth-order valence-corrected chi connectivity index (χ4v) is 10.5. The van der Waals surface area contributed by atoms with E-state index in [4.69, 9.17) is 0 Å². The van der Waals surface area contributed by atoms with E-state index >= 15 is 0 Å². The molecule has 288 valence electrons. The van der Waals surface area contributed by atoms with Gasteiger partial charge in [0.1, 0.15) is 0 Å². The van der Waals surface area contributed by atoms with Crippen LogP contribution in [-0.4, -0.2) is 6.04 Å². The van der Waals surface area contributed by atoms with Gasteiger partial charge in [0.2, 0.25) is 0 Å². The Hall–Kier alpha value is -7.48. The van der Waals surface area contributed by atoms with Crippen LogP contribution in [-0.2, 0) is 6.42 Å². The molecule has 10 aromatic carbocycles. The zero-order valence-corrected chi connectivity index (χ0v) is 33.9. The monoisotopic (exact) mass is 777 g/mol. The predicted molar refractivity (Wildman–Crippen MR) is 259 cm³/mol. The fraction of sp³-hybridized carbons (Fsp3) is 0.0667. The van der Waals surface area contributed by atoms with E-state index in [2.05, 4.69) is 229 Å². The van der Waals surface area contributed by atoms with Gasteiger partial charge in [0.15, 0.2) is 0 Å². The number of hydrogen-bond donors (Lipinski definition) is 0. The van der Waals surface area contributed by atoms with E-state index in [9.17, 15) is 0 Å². The molecule has 1 heteroatoms. The summed E-state index contributed by atoms with van der Waals surface area (Å²) in [7, 11) is 0. The Morgan fingerprint density at radius 3 is 1.54 bits per heavy atom. The number of rotatable bonds is 6. The highest BCUT2D eigenvalue weighted by atomic mass is 15.2. The first-order chi connectivity index (χ1) is 30.2. The number of anilines is 2. The zero-order valence-electron chi connectivity index (χ0n) is 33.9. The Balaban J connectivity index is 1.21. The second-order valence-electron chi connectivity index (χ2n) is 16.7. The summed E-state index contributed by atoms with van der Waals surface area (Å²) in [4.78, 5) is 2.52. The molecule has 0 N–H and O–H groups in total. The van der Waals surface area contributed by atoms with Crippen molar-refractivity contribution < 1.29 is 0 Å². The molecule has 2 atom stereocenters. The van der Waals surface area contributed by atoms with Crippen LogP contribution < -0.4 is 15.3 Å². The van der Waals surface area contributed by atoms with Crippen molar-refractivity contribution in [3.05, 3.63) is 257 Å². The van der Waals surface area contributed by atoms with E-state index in [1.807, 2.05) is 0 Å². The topological polar surface area (TPSA) is 3.24 Å². The quantitative estimate of drug-likeness (QED) is 0.163. The molecular weight excluding hydrogens is 735 g/mol. The van der Waals surface area contributed by atoms with Gasteiger partial charge in [-0.2, -0.15) is 0 Å². The average Bonchev–Trinajstić information content (AvgIpc) is 3.33. The molecule has 0 fully saturated rings. The van der Waals surface area contributed by atoms with E-state index in [0.29, 0.717) is 0 Å². The van der Waals surface area contributed by atoms with Crippen molar-refractivity contribution in [3.8, 4) is 0 Å². The normalized spacial score (nSPS) is 15.9. The summed E-state index contributed by atoms with van der Waals surface area (Å²) in [6, 6.07) is 79.0. The van der Waals surface area contributed by atoms with Gasteiger partial charge in [0.05, 0.1) is 6.04 Å². The van der Waals surface area contributed by atoms with Crippen LogP contribution >= 0.6 is 0 Å². The molecule has 61 heavy (non-hydrogen) atoms. The summed E-state index contributed by atoms with van der Waals surface area (Å²) in [5.74, 6) is 0.112. The van der Waals surface area contributed by atoms with E-state index in [1.54, 1.807) is 0 Å². The van der Waals surface area contributed by atoms with Crippen LogP contribution in [0.1, 0.15) is 40.2 Å². The largest absolute Gasteiger partial charge is 0.334 e. The summed E-state index contributed by atoms with van der Waals surface area (Å²) in [6.07, 6.45) is 6.72. The third-order valence-corrected chi connectivity index (χ3v) is 13.3. The number of para-hydroxylation sites is 2. The maximum Gasteiger partial charge on any atom is 0.0566 e. The molecule has 12 rings (SSSR count). The SMILES string of the molecule is C1=CC(N(c2ccccc2)c2ccccc2)Cc2c1c1c(c3ccccc23)=C(c2ccc3ccccc3c2)CC(c2ccc3ccccc3c2)C=1c1ccc2ccccc2c1. The van der Waals surface area contributed by atoms with Gasteiger partial charge >= 0.3 is 0 Å². The third-order valence-electron chi connectivity index (χ3n) is 13.3. The average molecular weight is 778 g/mol. The van der Waals surface area contributed by atoms with E-state index in [1.165, 1.54) is 104 Å². The maximum absolute atomic E-state index is 2.52. The molecule has 0 saturated heterocycles. The molecule has 2 aliphatic rings. The second kappa shape index (κ2) is 14.7. The zero-order chi connectivity index (χ0) is 40.3. The molecule has 0 heterocycles. The predicted octanol–water partition coefficient (Wildman–Crippen LogP) is 13.7. The molecule has 0 aromatic heterocycles. The Kier molecular flexibility index (Phi) is 8.52. The lowest BCUT2D eigenvalue weighted by atomic mass is 9.72. The summed E-state index contributed by atoms with van der Waals surface area (Å²) in [5, 5.41) is 13.0. The molecule has 0 spiro atoms. The first-order valence-corrected chi connectivity index (χ1v) is 21.6. The molecule has 1 nitrogen and oxygen atoms in total. The van der Waals surface area contributed by atoms with Crippen LogP contribution in [0.4, 0.5) is 11.4 Å². The van der Waals surface area contributed by atoms with Gasteiger partial charge in [-0.3, -0.25) is 0 Å². The van der Waals surface area contributed by atoms with E-state index in [0.717, 1.165) is 12.8 Å². The van der Waals surface area contributed by atoms with Gasteiger partial charge in [-0.25, -0.2) is 0 Å². The summed E-state index contributed by atoms with van der Waals surface area (Å²) in [5.41, 5.74) is 11.9. The fourth-order valence-electron chi connectivity index (χ4n) is 10.5. The number of benzene rings is 10. The van der Waals surface area contributed by atoms with E-state index in [-0.39, 0.29) is 12.0 Å². The molecule has 0 bridgehead atoms. The Labute approximate surface area is 356 Å². The first kappa shape index (κ1) is 35.5. The van der Waals surface area contributed by atoms with Crippen LogP contribution in [0.25, 0.3) is 60.3 Å². The number of fused-ring (bicyclic) bond motifs is 9. The summed E-state index contributed by atoms with van der Waals surface area (Å²) in [6.45, 7) is 0. The molecular formula is C60H43N. The van der Waals surface area contributed by atoms with Crippen molar-refractivity contribution in [1.29, 1.82) is 0 Å². The molecule has 0 amide bonds. The van der Waals surface area contributed by atoms with Crippen molar-refractivity contribution in [2.45, 2.75) is 24.8 Å². The van der Waals surface area contributed by atoms with Gasteiger partial charge in [0, 0.05) is 17.3 Å². The number of nitrogens with zero attached hydrogens (tertiary/aromatic N) is 1. The molecule has 0 radical (unpaired) electrons. The highest BCUT2D eigenvalue weighted by Gasteiger charge is 2.32. The van der Waals surface area contributed by atoms with Gasteiger partial charge in [-0.1, -0.05) is 188 Å². The van der Waals surface area contributed by atoms with Crippen LogP contribution in [0.15, 0.2) is 218 Å². The minimum absolute atomic E-state index is 0.112. The lowest BCUT2D eigenvalue weighted by molar-refractivity contribution is 0.768. The van der Waals surface area contributed by atoms with Crippen molar-refractivity contribution >= 4 is 71.7 Å². The van der Waals surface area contributed by atoms with Gasteiger partial charge in [0.25, 0.3) is 0 Å². The van der Waals surface area contributed by atoms with Gasteiger partial charge < -0.3 is 4.90 Å². The molecule has 2 unspecified atom stereocenters. The van der Waals surface area contributed by atoms with Crippen LogP contribution in [0.2, 0.25) is 0 Å².